The molecule has 3 N–H and O–H groups in total. The molecule has 9 heteroatoms. The van der Waals surface area contributed by atoms with Crippen molar-refractivity contribution in [2.24, 2.45) is 5.92 Å². The van der Waals surface area contributed by atoms with Crippen LogP contribution in [0.4, 0.5) is 22.9 Å². The summed E-state index contributed by atoms with van der Waals surface area (Å²) < 4.78 is 0. The molecule has 4 heterocycles. The van der Waals surface area contributed by atoms with Gasteiger partial charge in [0.05, 0.1) is 10.9 Å². The Kier molecular flexibility index (Phi) is 6.69. The summed E-state index contributed by atoms with van der Waals surface area (Å²) in [5.74, 6) is 0.436. The number of aromatic nitrogens is 4. The molecular weight excluding hydrogens is 490 g/mol. The van der Waals surface area contributed by atoms with Crippen molar-refractivity contribution in [1.82, 2.24) is 19.9 Å². The molecule has 6 rings (SSSR count). The van der Waals surface area contributed by atoms with E-state index >= 15 is 0 Å². The second-order valence-electron chi connectivity index (χ2n) is 9.50. The Labute approximate surface area is 225 Å². The van der Waals surface area contributed by atoms with Gasteiger partial charge in [-0.25, -0.2) is 9.97 Å². The number of ketones is 1. The minimum absolute atomic E-state index is 0.0237. The van der Waals surface area contributed by atoms with Crippen molar-refractivity contribution >= 4 is 45.6 Å². The number of piperidine rings is 1. The maximum absolute atomic E-state index is 13.1. The van der Waals surface area contributed by atoms with Crippen molar-refractivity contribution in [2.75, 3.05) is 28.6 Å². The highest BCUT2D eigenvalue weighted by atomic mass is 16.2. The molecule has 9 nitrogen and oxygen atoms in total. The topological polar surface area (TPSA) is 116 Å². The molecule has 1 aliphatic rings. The van der Waals surface area contributed by atoms with Crippen LogP contribution in [-0.4, -0.2) is 44.7 Å². The predicted octanol–water partition coefficient (Wildman–Crippen LogP) is 5.18. The van der Waals surface area contributed by atoms with Crippen LogP contribution in [0.5, 0.6) is 0 Å². The van der Waals surface area contributed by atoms with Crippen LogP contribution >= 0.6 is 0 Å². The lowest BCUT2D eigenvalue weighted by Crippen LogP contribution is -2.38. The summed E-state index contributed by atoms with van der Waals surface area (Å²) in [4.78, 5) is 44.2. The normalized spacial score (nSPS) is 13.8. The summed E-state index contributed by atoms with van der Waals surface area (Å²) >= 11 is 0. The number of H-pyrrole nitrogens is 1. The van der Waals surface area contributed by atoms with Gasteiger partial charge in [-0.15, -0.1) is 0 Å². The fraction of sp³-hybridized carbons (Fsp3) is 0.167. The summed E-state index contributed by atoms with van der Waals surface area (Å²) in [6.07, 6.45) is 8.31. The third kappa shape index (κ3) is 5.19. The predicted molar refractivity (Wildman–Crippen MR) is 151 cm³/mol. The smallest absolute Gasteiger partial charge is 0.227 e. The van der Waals surface area contributed by atoms with Gasteiger partial charge in [-0.2, -0.15) is 0 Å². The summed E-state index contributed by atoms with van der Waals surface area (Å²) in [5.41, 5.74) is 4.32. The highest BCUT2D eigenvalue weighted by Crippen LogP contribution is 2.29. The van der Waals surface area contributed by atoms with E-state index in [2.05, 4.69) is 35.5 Å². The number of hydrogen-bond donors (Lipinski definition) is 3. The molecule has 0 atom stereocenters. The number of carbonyl (C=O) groups excluding carboxylic acids is 2. The van der Waals surface area contributed by atoms with Gasteiger partial charge in [0.1, 0.15) is 17.8 Å². The van der Waals surface area contributed by atoms with E-state index in [0.29, 0.717) is 28.0 Å². The van der Waals surface area contributed by atoms with Crippen LogP contribution in [0.2, 0.25) is 0 Å². The zero-order valence-electron chi connectivity index (χ0n) is 21.2. The van der Waals surface area contributed by atoms with Crippen molar-refractivity contribution in [3.8, 4) is 0 Å². The summed E-state index contributed by atoms with van der Waals surface area (Å²) in [6, 6.07) is 20.6. The fourth-order valence-corrected chi connectivity index (χ4v) is 4.95. The molecule has 0 saturated carbocycles. The lowest BCUT2D eigenvalue weighted by Gasteiger charge is -2.32. The van der Waals surface area contributed by atoms with Crippen molar-refractivity contribution in [1.29, 1.82) is 0 Å². The van der Waals surface area contributed by atoms with Gasteiger partial charge in [-0.1, -0.05) is 30.3 Å². The van der Waals surface area contributed by atoms with E-state index < -0.39 is 0 Å². The number of benzene rings is 2. The van der Waals surface area contributed by atoms with Crippen LogP contribution in [0.3, 0.4) is 0 Å². The van der Waals surface area contributed by atoms with Gasteiger partial charge in [0.25, 0.3) is 0 Å². The number of nitrogens with zero attached hydrogens (tertiary/aromatic N) is 4. The minimum Gasteiger partial charge on any atom is -0.371 e. The number of fused-ring (bicyclic) bond motifs is 1. The first-order chi connectivity index (χ1) is 19.2. The quantitative estimate of drug-likeness (QED) is 0.255. The Hall–Kier alpha value is -5.05. The Morgan fingerprint density at radius 3 is 2.33 bits per heavy atom. The van der Waals surface area contributed by atoms with Gasteiger partial charge in [-0.05, 0) is 49.2 Å². The maximum Gasteiger partial charge on any atom is 0.227 e. The number of pyridine rings is 1. The van der Waals surface area contributed by atoms with Crippen molar-refractivity contribution in [2.45, 2.75) is 12.8 Å². The van der Waals surface area contributed by atoms with E-state index in [9.17, 15) is 9.59 Å². The molecule has 5 aromatic rings. The number of nitrogens with one attached hydrogen (secondary N) is 3. The van der Waals surface area contributed by atoms with E-state index in [0.717, 1.165) is 43.0 Å². The standard InChI is InChI=1S/C30H27N7O2/c38-27(20-4-2-1-3-5-20)25-18-32-28-26(25)29(34-19-33-28)35-22-6-8-23(9-7-22)36-30(39)21-12-16-37(17-13-21)24-10-14-31-15-11-24/h1-11,14-15,18-19,21H,12-13,16-17H2,(H,36,39)(H2,32,33,34,35). The van der Waals surface area contributed by atoms with Gasteiger partial charge < -0.3 is 20.5 Å². The molecule has 1 saturated heterocycles. The number of hydrogen-bond acceptors (Lipinski definition) is 7. The first-order valence-electron chi connectivity index (χ1n) is 12.9. The van der Waals surface area contributed by atoms with E-state index in [4.69, 9.17) is 0 Å². The van der Waals surface area contributed by atoms with Gasteiger partial charge in [0.15, 0.2) is 5.78 Å². The highest BCUT2D eigenvalue weighted by molar-refractivity contribution is 6.18. The summed E-state index contributed by atoms with van der Waals surface area (Å²) in [6.45, 7) is 1.68. The third-order valence-electron chi connectivity index (χ3n) is 7.06. The molecule has 39 heavy (non-hydrogen) atoms. The number of amides is 1. The molecule has 0 spiro atoms. The maximum atomic E-state index is 13.1. The van der Waals surface area contributed by atoms with Crippen LogP contribution in [-0.2, 0) is 4.79 Å². The first-order valence-corrected chi connectivity index (χ1v) is 12.9. The Morgan fingerprint density at radius 1 is 0.872 bits per heavy atom. The van der Waals surface area contributed by atoms with Gasteiger partial charge in [0.2, 0.25) is 5.91 Å². The Bertz CT molecular complexity index is 1590. The van der Waals surface area contributed by atoms with Gasteiger partial charge in [0, 0.05) is 60.2 Å². The van der Waals surface area contributed by atoms with E-state index in [1.807, 2.05) is 54.6 Å². The van der Waals surface area contributed by atoms with Crippen molar-refractivity contribution in [3.05, 3.63) is 103 Å². The minimum atomic E-state index is -0.107. The first kappa shape index (κ1) is 24.3. The zero-order valence-corrected chi connectivity index (χ0v) is 21.2. The van der Waals surface area contributed by atoms with Crippen LogP contribution in [0.15, 0.2) is 91.6 Å². The van der Waals surface area contributed by atoms with E-state index in [-0.39, 0.29) is 17.6 Å². The average molecular weight is 518 g/mol. The number of aromatic amines is 1. The Balaban J connectivity index is 1.11. The second-order valence-corrected chi connectivity index (χ2v) is 9.50. The van der Waals surface area contributed by atoms with Gasteiger partial charge >= 0.3 is 0 Å². The van der Waals surface area contributed by atoms with Gasteiger partial charge in [-0.3, -0.25) is 14.6 Å². The molecule has 1 amide bonds. The van der Waals surface area contributed by atoms with Crippen LogP contribution in [0.25, 0.3) is 11.0 Å². The van der Waals surface area contributed by atoms with Crippen LogP contribution in [0.1, 0.15) is 28.8 Å². The average Bonchev–Trinajstić information content (AvgIpc) is 3.44. The molecule has 194 valence electrons. The SMILES string of the molecule is O=C(c1ccccc1)c1c[nH]c2ncnc(Nc3ccc(NC(=O)C4CCN(c5ccncc5)CC4)cc3)c12. The summed E-state index contributed by atoms with van der Waals surface area (Å²) in [5, 5.41) is 6.98. The molecule has 1 fully saturated rings. The van der Waals surface area contributed by atoms with Crippen molar-refractivity contribution < 1.29 is 9.59 Å². The second kappa shape index (κ2) is 10.7. The molecule has 0 radical (unpaired) electrons. The molecular formula is C30H27N7O2. The lowest BCUT2D eigenvalue weighted by molar-refractivity contribution is -0.120. The third-order valence-corrected chi connectivity index (χ3v) is 7.06. The molecule has 2 aromatic carbocycles. The van der Waals surface area contributed by atoms with E-state index in [1.165, 1.54) is 6.33 Å². The molecule has 1 aliphatic heterocycles. The zero-order chi connectivity index (χ0) is 26.6. The fourth-order valence-electron chi connectivity index (χ4n) is 4.95. The molecule has 0 bridgehead atoms. The molecule has 0 unspecified atom stereocenters. The lowest BCUT2D eigenvalue weighted by atomic mass is 9.95. The molecule has 0 aliphatic carbocycles. The molecule has 3 aromatic heterocycles. The number of anilines is 4. The van der Waals surface area contributed by atoms with Crippen molar-refractivity contribution in [3.63, 3.8) is 0 Å². The highest BCUT2D eigenvalue weighted by Gasteiger charge is 2.25. The number of carbonyl (C=O) groups is 2. The van der Waals surface area contributed by atoms with Crippen LogP contribution in [0, 0.1) is 5.92 Å². The van der Waals surface area contributed by atoms with Crippen LogP contribution < -0.4 is 15.5 Å². The number of rotatable bonds is 7. The largest absolute Gasteiger partial charge is 0.371 e. The Morgan fingerprint density at radius 2 is 1.59 bits per heavy atom. The summed E-state index contributed by atoms with van der Waals surface area (Å²) in [7, 11) is 0. The van der Waals surface area contributed by atoms with E-state index in [1.54, 1.807) is 30.7 Å². The monoisotopic (exact) mass is 517 g/mol.